The zero-order valence-corrected chi connectivity index (χ0v) is 13.2. The third-order valence-corrected chi connectivity index (χ3v) is 3.62. The summed E-state index contributed by atoms with van der Waals surface area (Å²) in [6.07, 6.45) is 0. The van der Waals surface area contributed by atoms with Crippen molar-refractivity contribution in [2.45, 2.75) is 0 Å². The van der Waals surface area contributed by atoms with E-state index in [2.05, 4.69) is 45.1 Å². The van der Waals surface area contributed by atoms with Gasteiger partial charge in [0.05, 0.1) is 11.1 Å². The molecule has 2 aromatic rings. The molecule has 0 aliphatic heterocycles. The molecule has 0 amide bonds. The molecule has 2 aromatic carbocycles. The summed E-state index contributed by atoms with van der Waals surface area (Å²) in [7, 11) is 4.05. The number of hydrogen-bond acceptors (Lipinski definition) is 3. The Balaban J connectivity index is 2.22. The van der Waals surface area contributed by atoms with Crippen molar-refractivity contribution in [3.8, 4) is 16.9 Å². The molecule has 0 saturated carbocycles. The highest BCUT2D eigenvalue weighted by Crippen LogP contribution is 2.31. The Kier molecular flexibility index (Phi) is 5.04. The molecule has 1 N–H and O–H groups in total. The number of hydrogen-bond donors (Lipinski definition) is 1. The van der Waals surface area contributed by atoms with Gasteiger partial charge in [-0.3, -0.25) is 0 Å². The van der Waals surface area contributed by atoms with Gasteiger partial charge in [-0.15, -0.1) is 0 Å². The molecule has 0 bridgehead atoms. The Morgan fingerprint density at radius 2 is 1.70 bits per heavy atom. The van der Waals surface area contributed by atoms with E-state index in [0.29, 0.717) is 6.61 Å². The summed E-state index contributed by atoms with van der Waals surface area (Å²) in [6, 6.07) is 14.4. The SMILES string of the molecule is CN(C)c1ccc(-c2ccc(OCCO)c(Br)c2)cc1. The van der Waals surface area contributed by atoms with Crippen LogP contribution in [0.2, 0.25) is 0 Å². The van der Waals surface area contributed by atoms with Crippen LogP contribution in [0.4, 0.5) is 5.69 Å². The molecule has 0 heterocycles. The fourth-order valence-corrected chi connectivity index (χ4v) is 2.40. The molecule has 0 atom stereocenters. The maximum absolute atomic E-state index is 8.78. The van der Waals surface area contributed by atoms with Gasteiger partial charge < -0.3 is 14.7 Å². The lowest BCUT2D eigenvalue weighted by atomic mass is 10.1. The number of anilines is 1. The predicted octanol–water partition coefficient (Wildman–Crippen LogP) is 3.55. The average Bonchev–Trinajstić information content (AvgIpc) is 2.46. The van der Waals surface area contributed by atoms with Crippen molar-refractivity contribution in [1.29, 1.82) is 0 Å². The molecule has 2 rings (SSSR count). The fourth-order valence-electron chi connectivity index (χ4n) is 1.91. The second-order valence-electron chi connectivity index (χ2n) is 4.66. The van der Waals surface area contributed by atoms with Crippen molar-refractivity contribution in [1.82, 2.24) is 0 Å². The van der Waals surface area contributed by atoms with Crippen LogP contribution in [-0.2, 0) is 0 Å². The molecule has 0 aromatic heterocycles. The van der Waals surface area contributed by atoms with Crippen molar-refractivity contribution in [3.05, 3.63) is 46.9 Å². The van der Waals surface area contributed by atoms with Crippen molar-refractivity contribution >= 4 is 21.6 Å². The van der Waals surface area contributed by atoms with E-state index in [1.165, 1.54) is 5.69 Å². The first-order valence-corrected chi connectivity index (χ1v) is 7.22. The summed E-state index contributed by atoms with van der Waals surface area (Å²) in [6.45, 7) is 0.315. The first-order chi connectivity index (χ1) is 9.61. The van der Waals surface area contributed by atoms with E-state index in [1.54, 1.807) is 0 Å². The summed E-state index contributed by atoms with van der Waals surface area (Å²) in [5.41, 5.74) is 3.46. The Bertz CT molecular complexity index is 567. The maximum atomic E-state index is 8.78. The summed E-state index contributed by atoms with van der Waals surface area (Å²) in [5, 5.41) is 8.78. The number of aliphatic hydroxyl groups is 1. The second-order valence-corrected chi connectivity index (χ2v) is 5.51. The molecule has 3 nitrogen and oxygen atoms in total. The number of nitrogens with zero attached hydrogens (tertiary/aromatic N) is 1. The fraction of sp³-hybridized carbons (Fsp3) is 0.250. The smallest absolute Gasteiger partial charge is 0.133 e. The molecule has 20 heavy (non-hydrogen) atoms. The van der Waals surface area contributed by atoms with Crippen LogP contribution in [0.5, 0.6) is 5.75 Å². The molecule has 0 spiro atoms. The van der Waals surface area contributed by atoms with Gasteiger partial charge in [-0.1, -0.05) is 18.2 Å². The van der Waals surface area contributed by atoms with Crippen LogP contribution < -0.4 is 9.64 Å². The quantitative estimate of drug-likeness (QED) is 0.906. The molecular formula is C16H18BrNO2. The van der Waals surface area contributed by atoms with Crippen LogP contribution in [0, 0.1) is 0 Å². The van der Waals surface area contributed by atoms with Crippen LogP contribution >= 0.6 is 15.9 Å². The van der Waals surface area contributed by atoms with Crippen LogP contribution in [0.25, 0.3) is 11.1 Å². The van der Waals surface area contributed by atoms with Crippen molar-refractivity contribution in [3.63, 3.8) is 0 Å². The Labute approximate surface area is 127 Å². The summed E-state index contributed by atoms with van der Waals surface area (Å²) in [5.74, 6) is 0.743. The van der Waals surface area contributed by atoms with E-state index >= 15 is 0 Å². The Morgan fingerprint density at radius 3 is 2.25 bits per heavy atom. The van der Waals surface area contributed by atoms with E-state index in [4.69, 9.17) is 9.84 Å². The number of ether oxygens (including phenoxy) is 1. The monoisotopic (exact) mass is 335 g/mol. The maximum Gasteiger partial charge on any atom is 0.133 e. The molecule has 0 aliphatic carbocycles. The zero-order chi connectivity index (χ0) is 14.5. The van der Waals surface area contributed by atoms with Gasteiger partial charge in [0.1, 0.15) is 12.4 Å². The van der Waals surface area contributed by atoms with E-state index in [-0.39, 0.29) is 6.61 Å². The van der Waals surface area contributed by atoms with Gasteiger partial charge in [0.15, 0.2) is 0 Å². The minimum atomic E-state index is 0.0141. The summed E-state index contributed by atoms with van der Waals surface area (Å²) in [4.78, 5) is 2.07. The third kappa shape index (κ3) is 3.52. The minimum absolute atomic E-state index is 0.0141. The van der Waals surface area contributed by atoms with Crippen molar-refractivity contribution < 1.29 is 9.84 Å². The van der Waals surface area contributed by atoms with Crippen LogP contribution in [0.3, 0.4) is 0 Å². The molecule has 0 aliphatic rings. The molecule has 0 unspecified atom stereocenters. The summed E-state index contributed by atoms with van der Waals surface area (Å²) < 4.78 is 6.31. The van der Waals surface area contributed by atoms with Crippen molar-refractivity contribution in [2.75, 3.05) is 32.2 Å². The summed E-state index contributed by atoms with van der Waals surface area (Å²) >= 11 is 3.50. The normalized spacial score (nSPS) is 10.4. The standard InChI is InChI=1S/C16H18BrNO2/c1-18(2)14-6-3-12(4-7-14)13-5-8-16(15(17)11-13)20-10-9-19/h3-8,11,19H,9-10H2,1-2H3. The molecule has 0 radical (unpaired) electrons. The highest BCUT2D eigenvalue weighted by atomic mass is 79.9. The highest BCUT2D eigenvalue weighted by Gasteiger charge is 2.05. The molecule has 0 fully saturated rings. The zero-order valence-electron chi connectivity index (χ0n) is 11.6. The first-order valence-electron chi connectivity index (χ1n) is 6.43. The molecule has 0 saturated heterocycles. The predicted molar refractivity (Wildman–Crippen MR) is 86.5 cm³/mol. The van der Waals surface area contributed by atoms with Gasteiger partial charge in [-0.25, -0.2) is 0 Å². The Morgan fingerprint density at radius 1 is 1.05 bits per heavy atom. The molecular weight excluding hydrogens is 318 g/mol. The van der Waals surface area contributed by atoms with Gasteiger partial charge in [0.25, 0.3) is 0 Å². The van der Waals surface area contributed by atoms with E-state index in [1.807, 2.05) is 32.3 Å². The first kappa shape index (κ1) is 14.9. The number of halogens is 1. The van der Waals surface area contributed by atoms with Crippen molar-refractivity contribution in [2.24, 2.45) is 0 Å². The van der Waals surface area contributed by atoms with Crippen LogP contribution in [0.15, 0.2) is 46.9 Å². The van der Waals surface area contributed by atoms with Gasteiger partial charge in [0.2, 0.25) is 0 Å². The van der Waals surface area contributed by atoms with Gasteiger partial charge in [0, 0.05) is 19.8 Å². The third-order valence-electron chi connectivity index (χ3n) is 3.00. The number of benzene rings is 2. The largest absolute Gasteiger partial charge is 0.490 e. The lowest BCUT2D eigenvalue weighted by molar-refractivity contribution is 0.200. The van der Waals surface area contributed by atoms with E-state index in [0.717, 1.165) is 21.3 Å². The van der Waals surface area contributed by atoms with Gasteiger partial charge in [-0.05, 0) is 51.3 Å². The number of aliphatic hydroxyl groups excluding tert-OH is 1. The lowest BCUT2D eigenvalue weighted by Crippen LogP contribution is -2.07. The lowest BCUT2D eigenvalue weighted by Gasteiger charge is -2.13. The van der Waals surface area contributed by atoms with Crippen LogP contribution in [-0.4, -0.2) is 32.4 Å². The number of rotatable bonds is 5. The average molecular weight is 336 g/mol. The van der Waals surface area contributed by atoms with E-state index < -0.39 is 0 Å². The van der Waals surface area contributed by atoms with Crippen LogP contribution in [0.1, 0.15) is 0 Å². The minimum Gasteiger partial charge on any atom is -0.490 e. The molecule has 106 valence electrons. The van der Waals surface area contributed by atoms with Gasteiger partial charge >= 0.3 is 0 Å². The Hall–Kier alpha value is -1.52. The van der Waals surface area contributed by atoms with E-state index in [9.17, 15) is 0 Å². The molecule has 4 heteroatoms. The second kappa shape index (κ2) is 6.77. The van der Waals surface area contributed by atoms with Gasteiger partial charge in [-0.2, -0.15) is 0 Å². The highest BCUT2D eigenvalue weighted by molar-refractivity contribution is 9.10. The topological polar surface area (TPSA) is 32.7 Å².